The Balaban J connectivity index is 1.60. The van der Waals surface area contributed by atoms with E-state index >= 15 is 0 Å². The molecular weight excluding hydrogens is 382 g/mol. The molecule has 7 nitrogen and oxygen atoms in total. The van der Waals surface area contributed by atoms with Crippen LogP contribution in [-0.2, 0) is 10.2 Å². The van der Waals surface area contributed by atoms with Gasteiger partial charge < -0.3 is 19.8 Å². The molecule has 0 aliphatic carbocycles. The summed E-state index contributed by atoms with van der Waals surface area (Å²) in [5.41, 5.74) is 1.75. The van der Waals surface area contributed by atoms with E-state index in [0.29, 0.717) is 48.5 Å². The van der Waals surface area contributed by atoms with Crippen LogP contribution in [0, 0.1) is 0 Å². The van der Waals surface area contributed by atoms with Crippen LogP contribution in [0.3, 0.4) is 0 Å². The van der Waals surface area contributed by atoms with E-state index < -0.39 is 11.4 Å². The maximum absolute atomic E-state index is 12.3. The molecule has 0 radical (unpaired) electrons. The Hall–Kier alpha value is -3.61. The Morgan fingerprint density at radius 1 is 1.10 bits per heavy atom. The number of phenols is 1. The lowest BCUT2D eigenvalue weighted by Gasteiger charge is -2.40. The average molecular weight is 405 g/mol. The Morgan fingerprint density at radius 2 is 1.80 bits per heavy atom. The second-order valence-corrected chi connectivity index (χ2v) is 7.39. The van der Waals surface area contributed by atoms with Gasteiger partial charge in [0.15, 0.2) is 0 Å². The zero-order chi connectivity index (χ0) is 21.1. The monoisotopic (exact) mass is 405 g/mol. The summed E-state index contributed by atoms with van der Waals surface area (Å²) in [6, 6.07) is 16.2. The van der Waals surface area contributed by atoms with E-state index in [2.05, 4.69) is 15.1 Å². The summed E-state index contributed by atoms with van der Waals surface area (Å²) in [7, 11) is 1.56. The molecule has 4 rings (SSSR count). The number of phenolic OH excluding ortho intramolecular Hbond substituents is 1. The first kappa shape index (κ1) is 19.7. The quantitative estimate of drug-likeness (QED) is 0.671. The fourth-order valence-corrected chi connectivity index (χ4v) is 4.14. The number of ether oxygens (including phenoxy) is 1. The van der Waals surface area contributed by atoms with E-state index in [1.165, 1.54) is 0 Å². The van der Waals surface area contributed by atoms with Crippen molar-refractivity contribution < 1.29 is 19.7 Å². The van der Waals surface area contributed by atoms with Crippen molar-refractivity contribution in [3.63, 3.8) is 0 Å². The number of hydrogen-bond donors (Lipinski definition) is 2. The molecule has 154 valence electrons. The maximum Gasteiger partial charge on any atom is 0.314 e. The number of aliphatic carboxylic acids is 1. The van der Waals surface area contributed by atoms with Gasteiger partial charge in [-0.15, -0.1) is 0 Å². The number of aromatic hydroxyl groups is 1. The van der Waals surface area contributed by atoms with Gasteiger partial charge in [-0.1, -0.05) is 30.3 Å². The zero-order valence-corrected chi connectivity index (χ0v) is 16.7. The molecule has 2 N–H and O–H groups in total. The van der Waals surface area contributed by atoms with E-state index in [1.807, 2.05) is 30.3 Å². The van der Waals surface area contributed by atoms with Crippen LogP contribution in [0.15, 0.2) is 60.8 Å². The van der Waals surface area contributed by atoms with Crippen LogP contribution < -0.4 is 9.64 Å². The first-order valence-electron chi connectivity index (χ1n) is 9.78. The number of piperidine rings is 1. The van der Waals surface area contributed by atoms with E-state index in [9.17, 15) is 15.0 Å². The van der Waals surface area contributed by atoms with Crippen LogP contribution in [0.1, 0.15) is 18.4 Å². The Bertz CT molecular complexity index is 1060. The molecule has 1 saturated heterocycles. The molecule has 1 fully saturated rings. The van der Waals surface area contributed by atoms with Crippen molar-refractivity contribution in [2.75, 3.05) is 25.1 Å². The molecule has 1 aromatic heterocycles. The number of rotatable bonds is 5. The molecule has 0 unspecified atom stereocenters. The smallest absolute Gasteiger partial charge is 0.314 e. The van der Waals surface area contributed by atoms with E-state index in [-0.39, 0.29) is 5.75 Å². The summed E-state index contributed by atoms with van der Waals surface area (Å²) in [5, 5.41) is 28.5. The number of carboxylic acids is 1. The maximum atomic E-state index is 12.3. The standard InChI is InChI=1S/C23H23N3O4/c1-30-21-9-5-3-7-18(21)23(22(28)29)10-12-26(13-11-23)16-14-19(25-24-15-16)17-6-2-4-8-20(17)27/h2-9,14-15,27H,10-13H2,1H3,(H,28,29). The van der Waals surface area contributed by atoms with Crippen molar-refractivity contribution in [2.45, 2.75) is 18.3 Å². The van der Waals surface area contributed by atoms with Gasteiger partial charge in [0, 0.05) is 24.2 Å². The number of carbonyl (C=O) groups is 1. The average Bonchev–Trinajstić information content (AvgIpc) is 2.79. The van der Waals surface area contributed by atoms with Crippen molar-refractivity contribution >= 4 is 11.7 Å². The van der Waals surface area contributed by atoms with Gasteiger partial charge in [-0.05, 0) is 37.1 Å². The molecule has 30 heavy (non-hydrogen) atoms. The summed E-state index contributed by atoms with van der Waals surface area (Å²) < 4.78 is 5.44. The van der Waals surface area contributed by atoms with Crippen LogP contribution in [0.25, 0.3) is 11.3 Å². The Kier molecular flexibility index (Phi) is 5.27. The third-order valence-electron chi connectivity index (χ3n) is 5.83. The lowest BCUT2D eigenvalue weighted by Crippen LogP contribution is -2.47. The number of nitrogens with zero attached hydrogens (tertiary/aromatic N) is 3. The van der Waals surface area contributed by atoms with Crippen LogP contribution in [0.2, 0.25) is 0 Å². The normalized spacial score (nSPS) is 15.6. The summed E-state index contributed by atoms with van der Waals surface area (Å²) in [4.78, 5) is 14.4. The topological polar surface area (TPSA) is 95.8 Å². The van der Waals surface area contributed by atoms with E-state index in [4.69, 9.17) is 4.74 Å². The first-order valence-corrected chi connectivity index (χ1v) is 9.78. The van der Waals surface area contributed by atoms with Crippen molar-refractivity contribution in [1.29, 1.82) is 0 Å². The largest absolute Gasteiger partial charge is 0.507 e. The van der Waals surface area contributed by atoms with Crippen LogP contribution in [0.5, 0.6) is 11.5 Å². The fourth-order valence-electron chi connectivity index (χ4n) is 4.14. The predicted molar refractivity (Wildman–Crippen MR) is 113 cm³/mol. The van der Waals surface area contributed by atoms with Crippen molar-refractivity contribution in [3.05, 3.63) is 66.4 Å². The number of methoxy groups -OCH3 is 1. The highest BCUT2D eigenvalue weighted by Crippen LogP contribution is 2.41. The first-order chi connectivity index (χ1) is 14.5. The lowest BCUT2D eigenvalue weighted by atomic mass is 9.72. The molecule has 0 spiro atoms. The molecule has 2 aromatic carbocycles. The van der Waals surface area contributed by atoms with Crippen molar-refractivity contribution in [2.24, 2.45) is 0 Å². The summed E-state index contributed by atoms with van der Waals surface area (Å²) in [5.74, 6) is -0.0983. The van der Waals surface area contributed by atoms with Crippen molar-refractivity contribution in [1.82, 2.24) is 10.2 Å². The molecule has 0 atom stereocenters. The zero-order valence-electron chi connectivity index (χ0n) is 16.7. The van der Waals surface area contributed by atoms with Gasteiger partial charge in [-0.3, -0.25) is 4.79 Å². The van der Waals surface area contributed by atoms with Gasteiger partial charge in [0.1, 0.15) is 11.5 Å². The molecular formula is C23H23N3O4. The molecule has 2 heterocycles. The molecule has 3 aromatic rings. The minimum absolute atomic E-state index is 0.142. The second-order valence-electron chi connectivity index (χ2n) is 7.39. The number of benzene rings is 2. The lowest BCUT2D eigenvalue weighted by molar-refractivity contribution is -0.144. The van der Waals surface area contributed by atoms with Gasteiger partial charge >= 0.3 is 5.97 Å². The summed E-state index contributed by atoms with van der Waals surface area (Å²) in [6.07, 6.45) is 2.55. The number of hydrogen-bond acceptors (Lipinski definition) is 6. The molecule has 1 aliphatic heterocycles. The molecule has 7 heteroatoms. The minimum atomic E-state index is -0.996. The van der Waals surface area contributed by atoms with Gasteiger partial charge in [0.05, 0.1) is 30.1 Å². The third-order valence-corrected chi connectivity index (χ3v) is 5.83. The third kappa shape index (κ3) is 3.43. The highest BCUT2D eigenvalue weighted by Gasteiger charge is 2.45. The number of carboxylic acid groups (broad SMARTS) is 1. The minimum Gasteiger partial charge on any atom is -0.507 e. The van der Waals surface area contributed by atoms with Crippen LogP contribution >= 0.6 is 0 Å². The number of para-hydroxylation sites is 2. The molecule has 1 aliphatic rings. The summed E-state index contributed by atoms with van der Waals surface area (Å²) in [6.45, 7) is 1.10. The molecule has 0 bridgehead atoms. The van der Waals surface area contributed by atoms with E-state index in [0.717, 1.165) is 5.69 Å². The van der Waals surface area contributed by atoms with Gasteiger partial charge in [0.2, 0.25) is 0 Å². The van der Waals surface area contributed by atoms with Gasteiger partial charge in [-0.25, -0.2) is 0 Å². The van der Waals surface area contributed by atoms with Crippen LogP contribution in [0.4, 0.5) is 5.69 Å². The van der Waals surface area contributed by atoms with Crippen LogP contribution in [-0.4, -0.2) is 46.6 Å². The van der Waals surface area contributed by atoms with Gasteiger partial charge in [-0.2, -0.15) is 10.2 Å². The second kappa shape index (κ2) is 8.02. The fraction of sp³-hybridized carbons (Fsp3) is 0.261. The predicted octanol–water partition coefficient (Wildman–Crippen LogP) is 3.48. The summed E-state index contributed by atoms with van der Waals surface area (Å²) >= 11 is 0. The number of anilines is 1. The van der Waals surface area contributed by atoms with E-state index in [1.54, 1.807) is 37.6 Å². The SMILES string of the molecule is COc1ccccc1C1(C(=O)O)CCN(c2cnnc(-c3ccccc3O)c2)CC1. The molecule has 0 saturated carbocycles. The number of aromatic nitrogens is 2. The highest BCUT2D eigenvalue weighted by atomic mass is 16.5. The molecule has 0 amide bonds. The Morgan fingerprint density at radius 3 is 2.50 bits per heavy atom. The van der Waals surface area contributed by atoms with Crippen molar-refractivity contribution in [3.8, 4) is 22.8 Å². The Labute approximate surface area is 174 Å². The van der Waals surface area contributed by atoms with Gasteiger partial charge in [0.25, 0.3) is 0 Å². The highest BCUT2D eigenvalue weighted by molar-refractivity contribution is 5.83.